The first kappa shape index (κ1) is 12.2. The quantitative estimate of drug-likeness (QED) is 0.880. The summed E-state index contributed by atoms with van der Waals surface area (Å²) in [6.45, 7) is 1.59. The molecular formula is C11H9N3O3S. The minimum atomic E-state index is -1.05. The third-order valence-corrected chi connectivity index (χ3v) is 3.21. The van der Waals surface area contributed by atoms with Gasteiger partial charge in [-0.05, 0) is 19.1 Å². The third-order valence-electron chi connectivity index (χ3n) is 2.15. The Morgan fingerprint density at radius 3 is 2.56 bits per heavy atom. The molecule has 0 aromatic carbocycles. The zero-order chi connectivity index (χ0) is 13.1. The van der Waals surface area contributed by atoms with Crippen LogP contribution in [0.15, 0.2) is 24.5 Å². The van der Waals surface area contributed by atoms with Crippen LogP contribution in [-0.2, 0) is 0 Å². The van der Waals surface area contributed by atoms with E-state index in [-0.39, 0.29) is 15.9 Å². The Bertz CT molecular complexity index is 595. The van der Waals surface area contributed by atoms with Crippen molar-refractivity contribution in [2.45, 2.75) is 6.92 Å². The molecule has 0 fully saturated rings. The van der Waals surface area contributed by atoms with Gasteiger partial charge >= 0.3 is 5.97 Å². The maximum absolute atomic E-state index is 11.8. The van der Waals surface area contributed by atoms with E-state index in [1.165, 1.54) is 12.4 Å². The van der Waals surface area contributed by atoms with Crippen molar-refractivity contribution < 1.29 is 14.7 Å². The number of nitrogens with one attached hydrogen (secondary N) is 1. The second kappa shape index (κ2) is 4.92. The molecule has 0 saturated heterocycles. The number of aromatic carboxylic acids is 1. The summed E-state index contributed by atoms with van der Waals surface area (Å²) in [5, 5.41) is 11.7. The Hall–Kier alpha value is -2.28. The SMILES string of the molecule is Cc1nc(NC(=O)c2ccncc2)sc1C(=O)O. The first-order chi connectivity index (χ1) is 8.58. The minimum Gasteiger partial charge on any atom is -0.477 e. The van der Waals surface area contributed by atoms with E-state index in [1.807, 2.05) is 0 Å². The molecule has 2 rings (SSSR count). The number of carbonyl (C=O) groups is 2. The predicted molar refractivity (Wildman–Crippen MR) is 66.0 cm³/mol. The molecule has 1 amide bonds. The Morgan fingerprint density at radius 2 is 2.00 bits per heavy atom. The standard InChI is InChI=1S/C11H9N3O3S/c1-6-8(10(16)17)18-11(13-6)14-9(15)7-2-4-12-5-3-7/h2-5H,1H3,(H,16,17)(H,13,14,15). The molecular weight excluding hydrogens is 254 g/mol. The summed E-state index contributed by atoms with van der Waals surface area (Å²) < 4.78 is 0. The van der Waals surface area contributed by atoms with E-state index in [0.29, 0.717) is 11.3 Å². The summed E-state index contributed by atoms with van der Waals surface area (Å²) >= 11 is 0.932. The second-order valence-corrected chi connectivity index (χ2v) is 4.43. The van der Waals surface area contributed by atoms with Gasteiger partial charge in [0, 0.05) is 18.0 Å². The van der Waals surface area contributed by atoms with Crippen LogP contribution in [0.5, 0.6) is 0 Å². The zero-order valence-corrected chi connectivity index (χ0v) is 10.2. The highest BCUT2D eigenvalue weighted by Gasteiger charge is 2.15. The highest BCUT2D eigenvalue weighted by Crippen LogP contribution is 2.22. The average Bonchev–Trinajstić information content (AvgIpc) is 2.71. The van der Waals surface area contributed by atoms with Crippen molar-refractivity contribution in [3.63, 3.8) is 0 Å². The summed E-state index contributed by atoms with van der Waals surface area (Å²) in [4.78, 5) is 30.5. The highest BCUT2D eigenvalue weighted by atomic mass is 32.1. The van der Waals surface area contributed by atoms with Gasteiger partial charge in [-0.15, -0.1) is 0 Å². The Kier molecular flexibility index (Phi) is 3.33. The number of pyridine rings is 1. The third kappa shape index (κ3) is 2.51. The molecule has 0 radical (unpaired) electrons. The average molecular weight is 263 g/mol. The number of aryl methyl sites for hydroxylation is 1. The van der Waals surface area contributed by atoms with Crippen molar-refractivity contribution in [2.24, 2.45) is 0 Å². The lowest BCUT2D eigenvalue weighted by Crippen LogP contribution is -2.11. The van der Waals surface area contributed by atoms with Crippen LogP contribution in [0.25, 0.3) is 0 Å². The lowest BCUT2D eigenvalue weighted by molar-refractivity contribution is 0.0701. The van der Waals surface area contributed by atoms with Crippen LogP contribution in [-0.4, -0.2) is 27.0 Å². The number of anilines is 1. The van der Waals surface area contributed by atoms with Crippen LogP contribution in [0, 0.1) is 6.92 Å². The molecule has 0 saturated carbocycles. The molecule has 2 aromatic rings. The Labute approximate surface area is 106 Å². The van der Waals surface area contributed by atoms with Gasteiger partial charge in [-0.1, -0.05) is 11.3 Å². The molecule has 0 spiro atoms. The fourth-order valence-corrected chi connectivity index (χ4v) is 2.12. The van der Waals surface area contributed by atoms with Gasteiger partial charge in [0.2, 0.25) is 0 Å². The van der Waals surface area contributed by atoms with Crippen LogP contribution in [0.2, 0.25) is 0 Å². The minimum absolute atomic E-state index is 0.125. The summed E-state index contributed by atoms with van der Waals surface area (Å²) in [5.41, 5.74) is 0.826. The number of aromatic nitrogens is 2. The van der Waals surface area contributed by atoms with Crippen molar-refractivity contribution >= 4 is 28.3 Å². The van der Waals surface area contributed by atoms with Gasteiger partial charge in [0.15, 0.2) is 5.13 Å². The molecule has 2 N–H and O–H groups in total. The number of hydrogen-bond acceptors (Lipinski definition) is 5. The van der Waals surface area contributed by atoms with Crippen molar-refractivity contribution in [2.75, 3.05) is 5.32 Å². The number of hydrogen-bond donors (Lipinski definition) is 2. The number of amides is 1. The first-order valence-electron chi connectivity index (χ1n) is 5.00. The van der Waals surface area contributed by atoms with Crippen LogP contribution in [0.4, 0.5) is 5.13 Å². The van der Waals surface area contributed by atoms with E-state index < -0.39 is 5.97 Å². The van der Waals surface area contributed by atoms with Gasteiger partial charge in [-0.25, -0.2) is 9.78 Å². The molecule has 92 valence electrons. The van der Waals surface area contributed by atoms with Crippen molar-refractivity contribution in [1.29, 1.82) is 0 Å². The Morgan fingerprint density at radius 1 is 1.33 bits per heavy atom. The van der Waals surface area contributed by atoms with Crippen LogP contribution >= 0.6 is 11.3 Å². The highest BCUT2D eigenvalue weighted by molar-refractivity contribution is 7.17. The summed E-state index contributed by atoms with van der Waals surface area (Å²) in [5.74, 6) is -1.39. The van der Waals surface area contributed by atoms with E-state index in [0.717, 1.165) is 11.3 Å². The van der Waals surface area contributed by atoms with Gasteiger partial charge in [-0.3, -0.25) is 15.1 Å². The number of carboxylic acids is 1. The molecule has 7 heteroatoms. The molecule has 0 atom stereocenters. The van der Waals surface area contributed by atoms with E-state index in [9.17, 15) is 9.59 Å². The molecule has 0 aliphatic rings. The van der Waals surface area contributed by atoms with Gasteiger partial charge in [0.05, 0.1) is 5.69 Å². The molecule has 18 heavy (non-hydrogen) atoms. The van der Waals surface area contributed by atoms with Crippen molar-refractivity contribution in [3.8, 4) is 0 Å². The number of nitrogens with zero attached hydrogens (tertiary/aromatic N) is 2. The molecule has 0 unspecified atom stereocenters. The van der Waals surface area contributed by atoms with E-state index in [4.69, 9.17) is 5.11 Å². The number of carbonyl (C=O) groups excluding carboxylic acids is 1. The summed E-state index contributed by atoms with van der Waals surface area (Å²) in [6.07, 6.45) is 3.01. The fraction of sp³-hybridized carbons (Fsp3) is 0.0909. The maximum Gasteiger partial charge on any atom is 0.347 e. The molecule has 0 aliphatic carbocycles. The van der Waals surface area contributed by atoms with Gasteiger partial charge < -0.3 is 5.11 Å². The molecule has 0 aliphatic heterocycles. The van der Waals surface area contributed by atoms with Crippen molar-refractivity contribution in [1.82, 2.24) is 9.97 Å². The Balaban J connectivity index is 2.18. The normalized spacial score (nSPS) is 10.1. The van der Waals surface area contributed by atoms with Gasteiger partial charge in [0.1, 0.15) is 4.88 Å². The number of rotatable bonds is 3. The molecule has 2 aromatic heterocycles. The van der Waals surface area contributed by atoms with Crippen LogP contribution in [0.1, 0.15) is 25.7 Å². The maximum atomic E-state index is 11.8. The zero-order valence-electron chi connectivity index (χ0n) is 9.38. The number of carboxylic acid groups (broad SMARTS) is 1. The van der Waals surface area contributed by atoms with E-state index >= 15 is 0 Å². The first-order valence-corrected chi connectivity index (χ1v) is 5.81. The van der Waals surface area contributed by atoms with Crippen molar-refractivity contribution in [3.05, 3.63) is 40.7 Å². The largest absolute Gasteiger partial charge is 0.477 e. The molecule has 0 bridgehead atoms. The smallest absolute Gasteiger partial charge is 0.347 e. The summed E-state index contributed by atoms with van der Waals surface area (Å²) in [7, 11) is 0. The molecule has 6 nitrogen and oxygen atoms in total. The predicted octanol–water partition coefficient (Wildman–Crippen LogP) is 1.80. The fourth-order valence-electron chi connectivity index (χ4n) is 1.32. The monoisotopic (exact) mass is 263 g/mol. The van der Waals surface area contributed by atoms with E-state index in [1.54, 1.807) is 19.1 Å². The van der Waals surface area contributed by atoms with Crippen LogP contribution in [0.3, 0.4) is 0 Å². The number of thiazole rings is 1. The lowest BCUT2D eigenvalue weighted by atomic mass is 10.2. The van der Waals surface area contributed by atoms with E-state index in [2.05, 4.69) is 15.3 Å². The topological polar surface area (TPSA) is 92.2 Å². The van der Waals surface area contributed by atoms with Crippen LogP contribution < -0.4 is 5.32 Å². The van der Waals surface area contributed by atoms with Gasteiger partial charge in [0.25, 0.3) is 5.91 Å². The van der Waals surface area contributed by atoms with Gasteiger partial charge in [-0.2, -0.15) is 0 Å². The lowest BCUT2D eigenvalue weighted by Gasteiger charge is -1.99. The molecule has 2 heterocycles. The second-order valence-electron chi connectivity index (χ2n) is 3.43. The summed E-state index contributed by atoms with van der Waals surface area (Å²) in [6, 6.07) is 3.13.